The molecule has 1 saturated heterocycles. The van der Waals surface area contributed by atoms with Crippen molar-refractivity contribution in [2.24, 2.45) is 0 Å². The summed E-state index contributed by atoms with van der Waals surface area (Å²) >= 11 is 1.66. The van der Waals surface area contributed by atoms with E-state index in [9.17, 15) is 5.11 Å². The van der Waals surface area contributed by atoms with Gasteiger partial charge in [-0.25, -0.2) is 0 Å². The minimum atomic E-state index is -0.486. The molecule has 0 amide bonds. The molecule has 0 aromatic heterocycles. The van der Waals surface area contributed by atoms with Crippen LogP contribution in [-0.2, 0) is 0 Å². The molecule has 0 aromatic carbocycles. The Morgan fingerprint density at radius 1 is 1.56 bits per heavy atom. The van der Waals surface area contributed by atoms with Gasteiger partial charge in [-0.2, -0.15) is 11.8 Å². The van der Waals surface area contributed by atoms with E-state index in [1.54, 1.807) is 11.8 Å². The van der Waals surface area contributed by atoms with E-state index in [0.717, 1.165) is 6.42 Å². The third kappa shape index (κ3) is 1.39. The predicted molar refractivity (Wildman–Crippen MR) is 38.6 cm³/mol. The zero-order valence-corrected chi connectivity index (χ0v) is 6.27. The first-order valence-corrected chi connectivity index (χ1v) is 4.28. The Morgan fingerprint density at radius 3 is 2.44 bits per heavy atom. The molecule has 0 aliphatic carbocycles. The van der Waals surface area contributed by atoms with Crippen LogP contribution in [0.1, 0.15) is 13.3 Å². The zero-order chi connectivity index (χ0) is 6.85. The fourth-order valence-corrected chi connectivity index (χ4v) is 2.28. The van der Waals surface area contributed by atoms with Gasteiger partial charge in [0.15, 0.2) is 0 Å². The molecule has 0 spiro atoms. The topological polar surface area (TPSA) is 40.5 Å². The Morgan fingerprint density at radius 2 is 2.22 bits per heavy atom. The summed E-state index contributed by atoms with van der Waals surface area (Å²) in [5.74, 6) is 0.694. The molecule has 9 heavy (non-hydrogen) atoms. The summed E-state index contributed by atoms with van der Waals surface area (Å²) in [6.07, 6.45) is -0.0250. The highest BCUT2D eigenvalue weighted by atomic mass is 32.2. The van der Waals surface area contributed by atoms with Gasteiger partial charge in [0.25, 0.3) is 0 Å². The van der Waals surface area contributed by atoms with Crippen LogP contribution in [0.2, 0.25) is 0 Å². The molecular weight excluding hydrogens is 136 g/mol. The van der Waals surface area contributed by atoms with Gasteiger partial charge >= 0.3 is 0 Å². The monoisotopic (exact) mass is 148 g/mol. The van der Waals surface area contributed by atoms with Gasteiger partial charge in [0.2, 0.25) is 0 Å². The lowest BCUT2D eigenvalue weighted by Gasteiger charge is -2.11. The Bertz CT molecular complexity index is 97.1. The van der Waals surface area contributed by atoms with Crippen LogP contribution >= 0.6 is 11.8 Å². The van der Waals surface area contributed by atoms with Gasteiger partial charge in [-0.3, -0.25) is 0 Å². The van der Waals surface area contributed by atoms with E-state index < -0.39 is 12.2 Å². The van der Waals surface area contributed by atoms with Crippen LogP contribution in [0.5, 0.6) is 0 Å². The molecule has 1 aliphatic rings. The Hall–Kier alpha value is 0.270. The van der Waals surface area contributed by atoms with Crippen molar-refractivity contribution in [3.8, 4) is 0 Å². The first kappa shape index (κ1) is 7.38. The lowest BCUT2D eigenvalue weighted by atomic mass is 10.1. The second kappa shape index (κ2) is 2.90. The molecule has 2 N–H and O–H groups in total. The summed E-state index contributed by atoms with van der Waals surface area (Å²) in [6, 6.07) is 0. The number of hydrogen-bond donors (Lipinski definition) is 2. The average molecular weight is 148 g/mol. The normalized spacial score (nSPS) is 43.7. The molecule has 54 valence electrons. The summed E-state index contributed by atoms with van der Waals surface area (Å²) in [4.78, 5) is 0. The molecule has 0 unspecified atom stereocenters. The quantitative estimate of drug-likeness (QED) is 0.559. The van der Waals surface area contributed by atoms with Crippen LogP contribution in [0.3, 0.4) is 0 Å². The van der Waals surface area contributed by atoms with E-state index in [0.29, 0.717) is 5.75 Å². The molecule has 3 atom stereocenters. The lowest BCUT2D eigenvalue weighted by molar-refractivity contribution is 0.0414. The van der Waals surface area contributed by atoms with Crippen molar-refractivity contribution in [1.82, 2.24) is 0 Å². The maximum absolute atomic E-state index is 9.19. The van der Waals surface area contributed by atoms with E-state index >= 15 is 0 Å². The van der Waals surface area contributed by atoms with Crippen LogP contribution in [0.4, 0.5) is 0 Å². The molecule has 3 heteroatoms. The van der Waals surface area contributed by atoms with Gasteiger partial charge in [0, 0.05) is 11.0 Å². The van der Waals surface area contributed by atoms with E-state index in [4.69, 9.17) is 5.11 Å². The second-order valence-corrected chi connectivity index (χ2v) is 3.61. The van der Waals surface area contributed by atoms with E-state index in [2.05, 4.69) is 0 Å². The molecule has 1 fully saturated rings. The predicted octanol–water partition coefficient (Wildman–Crippen LogP) is 0.234. The molecule has 0 aromatic rings. The zero-order valence-electron chi connectivity index (χ0n) is 5.45. The first-order chi connectivity index (χ1) is 4.25. The van der Waals surface area contributed by atoms with Gasteiger partial charge in [0.05, 0.1) is 12.2 Å². The third-order valence-electron chi connectivity index (χ3n) is 1.66. The lowest BCUT2D eigenvalue weighted by Crippen LogP contribution is -2.28. The minimum Gasteiger partial charge on any atom is -0.390 e. The summed E-state index contributed by atoms with van der Waals surface area (Å²) in [5, 5.41) is 18.5. The van der Waals surface area contributed by atoms with Crippen LogP contribution in [0, 0.1) is 0 Å². The van der Waals surface area contributed by atoms with Crippen molar-refractivity contribution in [3.05, 3.63) is 0 Å². The summed E-state index contributed by atoms with van der Waals surface area (Å²) in [5.41, 5.74) is 0. The van der Waals surface area contributed by atoms with Crippen molar-refractivity contribution >= 4 is 11.8 Å². The van der Waals surface area contributed by atoms with Gasteiger partial charge in [-0.05, 0) is 6.42 Å². The Labute approximate surface area is 59.3 Å². The fourth-order valence-electron chi connectivity index (χ4n) is 1.03. The van der Waals surface area contributed by atoms with Crippen molar-refractivity contribution in [2.45, 2.75) is 30.8 Å². The van der Waals surface area contributed by atoms with Gasteiger partial charge < -0.3 is 10.2 Å². The van der Waals surface area contributed by atoms with E-state index in [1.165, 1.54) is 0 Å². The standard InChI is InChI=1S/C6H12O2S/c1-2-5-6(8)4(7)3-9-5/h4-8H,2-3H2,1H3/t4-,5+,6-/m0/s1. The van der Waals surface area contributed by atoms with Crippen LogP contribution in [-0.4, -0.2) is 33.4 Å². The van der Waals surface area contributed by atoms with Crippen LogP contribution in [0.15, 0.2) is 0 Å². The van der Waals surface area contributed by atoms with Gasteiger partial charge in [-0.1, -0.05) is 6.92 Å². The molecule has 1 aliphatic heterocycles. The highest BCUT2D eigenvalue weighted by Crippen LogP contribution is 2.28. The maximum Gasteiger partial charge on any atom is 0.0925 e. The fraction of sp³-hybridized carbons (Fsp3) is 1.00. The smallest absolute Gasteiger partial charge is 0.0925 e. The average Bonchev–Trinajstić information content (AvgIpc) is 2.15. The highest BCUT2D eigenvalue weighted by molar-refractivity contribution is 8.00. The number of aliphatic hydroxyl groups is 2. The SMILES string of the molecule is CC[C@H]1SC[C@H](O)[C@@H]1O. The van der Waals surface area contributed by atoms with Gasteiger partial charge in [-0.15, -0.1) is 0 Å². The summed E-state index contributed by atoms with van der Waals surface area (Å²) < 4.78 is 0. The van der Waals surface area contributed by atoms with E-state index in [1.807, 2.05) is 6.92 Å². The Kier molecular flexibility index (Phi) is 2.38. The van der Waals surface area contributed by atoms with Crippen LogP contribution < -0.4 is 0 Å². The molecule has 1 rings (SSSR count). The first-order valence-electron chi connectivity index (χ1n) is 3.23. The maximum atomic E-state index is 9.19. The van der Waals surface area contributed by atoms with Crippen molar-refractivity contribution in [2.75, 3.05) is 5.75 Å². The minimum absolute atomic E-state index is 0.264. The highest BCUT2D eigenvalue weighted by Gasteiger charge is 2.32. The molecule has 0 radical (unpaired) electrons. The Balaban J connectivity index is 2.41. The number of hydrogen-bond acceptors (Lipinski definition) is 3. The molecule has 2 nitrogen and oxygen atoms in total. The number of aliphatic hydroxyl groups excluding tert-OH is 2. The number of thioether (sulfide) groups is 1. The molecule has 0 saturated carbocycles. The van der Waals surface area contributed by atoms with Crippen molar-refractivity contribution < 1.29 is 10.2 Å². The van der Waals surface area contributed by atoms with Gasteiger partial charge in [0.1, 0.15) is 0 Å². The molecule has 0 bridgehead atoms. The van der Waals surface area contributed by atoms with Crippen molar-refractivity contribution in [3.63, 3.8) is 0 Å². The van der Waals surface area contributed by atoms with E-state index in [-0.39, 0.29) is 5.25 Å². The summed E-state index contributed by atoms with van der Waals surface area (Å²) in [7, 11) is 0. The van der Waals surface area contributed by atoms with Crippen LogP contribution in [0.25, 0.3) is 0 Å². The summed E-state index contributed by atoms with van der Waals surface area (Å²) in [6.45, 7) is 2.03. The third-order valence-corrected chi connectivity index (χ3v) is 3.23. The molecule has 1 heterocycles. The molecular formula is C6H12O2S. The van der Waals surface area contributed by atoms with Crippen molar-refractivity contribution in [1.29, 1.82) is 0 Å². The number of rotatable bonds is 1. The largest absolute Gasteiger partial charge is 0.390 e. The second-order valence-electron chi connectivity index (χ2n) is 2.34.